The Morgan fingerprint density at radius 2 is 0.657 bits per heavy atom. The first-order valence-corrected chi connectivity index (χ1v) is 77.1. The number of hydrogen-bond acceptors (Lipinski definition) is 0. The topological polar surface area (TPSA) is 0 Å². The molecule has 0 amide bonds. The molecule has 0 radical (unpaired) electrons. The maximum absolute atomic E-state index is 7.68. The van der Waals surface area contributed by atoms with Crippen LogP contribution in [0.1, 0.15) is 0 Å². The molecular weight excluding hydrogens is 643 g/mol. The fourth-order valence-electron chi connectivity index (χ4n) is 9.82. The van der Waals surface area contributed by atoms with Gasteiger partial charge in [0.25, 0.3) is 0 Å². The SMILES string of the molecule is C[Si](C)(C)C[C]1([Zr]([CH3])([CH3])([CH3])([CH3])([CH3])([CH3])([CH3])([CH3])([SiH3])([SiH3])([SiH3])([SiH3])[C]2(C[Si](C)(C)C)C=CC=C2)C=CC=C1.[Cl-].[Cl-]. The van der Waals surface area contributed by atoms with Gasteiger partial charge in [-0.2, -0.15) is 0 Å². The van der Waals surface area contributed by atoms with Crippen molar-refractivity contribution in [2.45, 2.75) is 94.7 Å². The van der Waals surface area contributed by atoms with Crippen LogP contribution in [0.15, 0.2) is 48.6 Å². The summed E-state index contributed by atoms with van der Waals surface area (Å²) < 4.78 is 16.5. The van der Waals surface area contributed by atoms with Crippen molar-refractivity contribution in [3.8, 4) is 0 Å². The summed E-state index contributed by atoms with van der Waals surface area (Å²) in [6, 6.07) is 2.56. The molecule has 0 atom stereocenters. The first-order chi connectivity index (χ1) is 12.3. The van der Waals surface area contributed by atoms with Crippen LogP contribution in [0.25, 0.3) is 0 Å². The smallest absolute Gasteiger partial charge is 1.00 e. The van der Waals surface area contributed by atoms with E-state index in [1.54, 1.807) is 0 Å². The molecule has 214 valence electrons. The van der Waals surface area contributed by atoms with Gasteiger partial charge in [0.2, 0.25) is 0 Å². The summed E-state index contributed by atoms with van der Waals surface area (Å²) in [6.45, 7) is 15.7. The van der Waals surface area contributed by atoms with Gasteiger partial charge in [0.1, 0.15) is 0 Å². The normalized spacial score (nSPS) is 36.9. The number of allylic oxidation sites excluding steroid dienone is 8. The van der Waals surface area contributed by atoms with Crippen LogP contribution >= 0.6 is 0 Å². The molecule has 2 aliphatic rings. The van der Waals surface area contributed by atoms with E-state index in [-0.39, 0.29) is 31.1 Å². The Morgan fingerprint density at radius 1 is 0.486 bits per heavy atom. The molecule has 0 saturated carbocycles. The van der Waals surface area contributed by atoms with Crippen molar-refractivity contribution >= 4 is 45.6 Å². The first-order valence-electron chi connectivity index (χ1n) is 14.1. The van der Waals surface area contributed by atoms with Crippen molar-refractivity contribution in [3.05, 3.63) is 48.6 Å². The second-order valence-electron chi connectivity index (χ2n) is 48.1. The third kappa shape index (κ3) is 3.37. The van der Waals surface area contributed by atoms with Crippen LogP contribution in [-0.2, 0) is 2.07 Å². The summed E-state index contributed by atoms with van der Waals surface area (Å²) in [6.07, 6.45) is 20.9. The van der Waals surface area contributed by atoms with Crippen LogP contribution in [0, 0.1) is 0 Å². The second kappa shape index (κ2) is 2.68. The van der Waals surface area contributed by atoms with Crippen molar-refractivity contribution in [3.63, 3.8) is 0 Å². The zero-order valence-electron chi connectivity index (χ0n) is 27.3. The zero-order chi connectivity index (χ0) is 27.3. The molecule has 2 rings (SSSR count). The third-order valence-corrected chi connectivity index (χ3v) is 124. The molecule has 35 heavy (non-hydrogen) atoms. The molecule has 0 spiro atoms. The van der Waals surface area contributed by atoms with Gasteiger partial charge < -0.3 is 24.8 Å². The fraction of sp³-hybridized carbons (Fsp3) is 0.692. The summed E-state index contributed by atoms with van der Waals surface area (Å²) in [5.74, 6) is 0. The average molecular weight is 709 g/mol. The number of rotatable bonds is 6. The Kier molecular flexibility index (Phi) is 2.81. The van der Waals surface area contributed by atoms with E-state index in [1.807, 2.05) is 0 Å². The van der Waals surface area contributed by atoms with Crippen LogP contribution in [0.2, 0.25) is 94.7 Å². The minimum absolute atomic E-state index is 0. The van der Waals surface area contributed by atoms with E-state index in [1.165, 1.54) is 12.1 Å². The molecule has 0 nitrogen and oxygen atoms in total. The quantitative estimate of drug-likeness (QED) is 0.348. The minimum Gasteiger partial charge on any atom is -1.00 e. The standard InChI is InChI=1S/2C9H15Si.8CH3.2ClH.4H3Si.Zr/c2*1-10(2,3)8-9-6-4-5-7-9;;;;;;;;;;;;;;;/h2*4-7H,8H2,1-3H3;8*1H3;2*1H;4*1H3;/p-2. The predicted octanol–water partition coefficient (Wildman–Crippen LogP) is 0.258. The molecule has 0 aromatic carbocycles. The van der Waals surface area contributed by atoms with Crippen molar-refractivity contribution in [1.82, 2.24) is 0 Å². The largest absolute Gasteiger partial charge is 1.00 e. The van der Waals surface area contributed by atoms with Gasteiger partial charge in [0, 0.05) is 0 Å². The van der Waals surface area contributed by atoms with Gasteiger partial charge in [0.15, 0.2) is 0 Å². The maximum atomic E-state index is 3.05. The molecule has 0 aliphatic heterocycles. The van der Waals surface area contributed by atoms with E-state index in [0.29, 0.717) is 0 Å². The van der Waals surface area contributed by atoms with Crippen LogP contribution in [0.5, 0.6) is 0 Å². The van der Waals surface area contributed by atoms with E-state index in [2.05, 4.69) is 125 Å². The molecule has 2 aliphatic carbocycles. The van der Waals surface area contributed by atoms with Crippen molar-refractivity contribution < 1.29 is 26.9 Å². The van der Waals surface area contributed by atoms with Crippen LogP contribution < -0.4 is 24.8 Å². The summed E-state index contributed by atoms with van der Waals surface area (Å²) >= 11 is 0. The Morgan fingerprint density at radius 3 is 0.800 bits per heavy atom. The van der Waals surface area contributed by atoms with Gasteiger partial charge in [0.05, 0.1) is 0 Å². The summed E-state index contributed by atoms with van der Waals surface area (Å²) in [7, 11) is 1.14. The fourth-order valence-corrected chi connectivity index (χ4v) is 123. The summed E-state index contributed by atoms with van der Waals surface area (Å²) in [4.78, 5) is 0. The van der Waals surface area contributed by atoms with Crippen LogP contribution in [0.3, 0.4) is 0 Å². The van der Waals surface area contributed by atoms with Gasteiger partial charge in [-0.25, -0.2) is 0 Å². The van der Waals surface area contributed by atoms with E-state index in [4.69, 9.17) is 0 Å². The molecule has 0 aromatic heterocycles. The van der Waals surface area contributed by atoms with Gasteiger partial charge in [-0.15, -0.1) is 0 Å². The predicted molar refractivity (Wildman–Crippen MR) is 185 cm³/mol. The molecule has 0 unspecified atom stereocenters. The van der Waals surface area contributed by atoms with Gasteiger partial charge in [-0.1, -0.05) is 0 Å². The monoisotopic (exact) mass is 706 g/mol. The Bertz CT molecular complexity index is 1370. The molecular formula is C26H66Cl2Si6Zr-2. The van der Waals surface area contributed by atoms with Crippen molar-refractivity contribution in [2.75, 3.05) is 0 Å². The zero-order valence-corrected chi connectivity index (χ0v) is 41.3. The van der Waals surface area contributed by atoms with Crippen molar-refractivity contribution in [1.29, 1.82) is 0 Å². The second-order valence-corrected chi connectivity index (χ2v) is 611. The minimum atomic E-state index is -7.68. The average Bonchev–Trinajstić information content (AvgIpc) is 2.91. The van der Waals surface area contributed by atoms with Gasteiger partial charge in [-0.05, 0) is 0 Å². The molecule has 9 heteroatoms. The Balaban J connectivity index is 0.00000578. The van der Waals surface area contributed by atoms with Crippen LogP contribution in [-0.4, -0.2) is 45.6 Å². The van der Waals surface area contributed by atoms with Gasteiger partial charge in [-0.3, -0.25) is 0 Å². The molecule has 0 heterocycles. The number of hydrogen-bond donors (Lipinski definition) is 0. The van der Waals surface area contributed by atoms with E-state index in [0.717, 1.165) is 29.5 Å². The van der Waals surface area contributed by atoms with E-state index >= 15 is 0 Å². The first kappa shape index (κ1) is 36.7. The maximum Gasteiger partial charge on any atom is -1.00 e. The van der Waals surface area contributed by atoms with E-state index in [9.17, 15) is 0 Å². The molecule has 0 fully saturated rings. The molecule has 0 bridgehead atoms. The molecule has 0 N–H and O–H groups in total. The van der Waals surface area contributed by atoms with Crippen molar-refractivity contribution in [2.24, 2.45) is 0 Å². The van der Waals surface area contributed by atoms with Crippen LogP contribution in [0.4, 0.5) is 0 Å². The van der Waals surface area contributed by atoms with E-state index < -0.39 is 18.2 Å². The Labute approximate surface area is 213 Å². The third-order valence-electron chi connectivity index (χ3n) is 15.1. The molecule has 0 aromatic rings. The Hall–Kier alpha value is 1.72. The van der Waals surface area contributed by atoms with Gasteiger partial charge >= 0.3 is 191 Å². The molecule has 0 saturated heterocycles. The number of halogens is 2. The summed E-state index contributed by atoms with van der Waals surface area (Å²) in [5.41, 5.74) is 0. The summed E-state index contributed by atoms with van der Waals surface area (Å²) in [5, 5.41) is 0.